The molecule has 25 heavy (non-hydrogen) atoms. The number of imidazole rings is 1. The Morgan fingerprint density at radius 3 is 2.84 bits per heavy atom. The second-order valence-corrected chi connectivity index (χ2v) is 9.42. The summed E-state index contributed by atoms with van der Waals surface area (Å²) < 4.78 is 19.9. The fourth-order valence-corrected chi connectivity index (χ4v) is 5.55. The van der Waals surface area contributed by atoms with Crippen LogP contribution in [0.15, 0.2) is 11.1 Å². The largest absolute Gasteiger partial charge is 0.394 e. The standard InChI is InChI=1S/C10H15FN5O7PS/c11-23-5-6(25-24(19,20)21)3(1-17)22-9(5)16-2-13-4-7(16)14-10(12)15-8(4)18/h2-3,5-6,9,17,19-21,25H,1H2,(H3,12,14,15,18)/t3-,5+,6+,9-/m1/s1. The number of aromatic amines is 1. The highest BCUT2D eigenvalue weighted by Crippen LogP contribution is 2.40. The summed E-state index contributed by atoms with van der Waals surface area (Å²) in [5.74, 6) is -0.200. The Balaban J connectivity index is 2.10. The van der Waals surface area contributed by atoms with Gasteiger partial charge < -0.3 is 30.3 Å². The Kier molecular flexibility index (Phi) is 4.96. The number of fused-ring (bicyclic) bond motifs is 1. The maximum Gasteiger partial charge on any atom is 0.280 e. The maximum absolute atomic E-state index is 13.2. The van der Waals surface area contributed by atoms with Crippen LogP contribution in [0.1, 0.15) is 6.23 Å². The van der Waals surface area contributed by atoms with Crippen molar-refractivity contribution in [2.24, 2.45) is 0 Å². The zero-order valence-corrected chi connectivity index (χ0v) is 14.1. The van der Waals surface area contributed by atoms with Crippen molar-refractivity contribution in [2.75, 3.05) is 12.3 Å². The molecule has 140 valence electrons. The third kappa shape index (κ3) is 3.47. The average Bonchev–Trinajstić information content (AvgIpc) is 3.06. The Labute approximate surface area is 141 Å². The van der Waals surface area contributed by atoms with Crippen molar-refractivity contribution in [2.45, 2.75) is 23.7 Å². The van der Waals surface area contributed by atoms with Gasteiger partial charge in [0.15, 0.2) is 23.5 Å². The van der Waals surface area contributed by atoms with Crippen molar-refractivity contribution in [1.82, 2.24) is 19.5 Å². The molecule has 4 atom stereocenters. The van der Waals surface area contributed by atoms with Gasteiger partial charge in [0.2, 0.25) is 5.95 Å². The molecule has 1 aliphatic rings. The number of rotatable bonds is 4. The van der Waals surface area contributed by atoms with Gasteiger partial charge in [-0.15, -0.1) is 10.9 Å². The van der Waals surface area contributed by atoms with Crippen LogP contribution in [-0.2, 0) is 20.6 Å². The summed E-state index contributed by atoms with van der Waals surface area (Å²) >= 11 is 0. The molecule has 1 aliphatic heterocycles. The number of nitrogens with zero attached hydrogens (tertiary/aromatic N) is 3. The number of ether oxygens (including phenoxy) is 1. The van der Waals surface area contributed by atoms with Gasteiger partial charge in [0.25, 0.3) is 12.3 Å². The van der Waals surface area contributed by atoms with Gasteiger partial charge in [-0.3, -0.25) is 14.3 Å². The first-order valence-corrected chi connectivity index (χ1v) is 10.1. The minimum atomic E-state index is -4.31. The zero-order chi connectivity index (χ0) is 18.4. The lowest BCUT2D eigenvalue weighted by atomic mass is 10.2. The fourth-order valence-electron chi connectivity index (χ4n) is 2.64. The molecule has 0 aromatic carbocycles. The van der Waals surface area contributed by atoms with E-state index in [1.807, 2.05) is 0 Å². The van der Waals surface area contributed by atoms with Crippen LogP contribution in [0.3, 0.4) is 0 Å². The molecule has 0 bridgehead atoms. The van der Waals surface area contributed by atoms with Crippen LogP contribution in [0, 0.1) is 0 Å². The SMILES string of the molecule is Nc1nc2c(ncn2[C@@H]2O[C@H](CO)[C@H]([SH]=P(O)(O)O)[C@@H]2OF)c(=O)[nH]1. The quantitative estimate of drug-likeness (QED) is 0.217. The zero-order valence-electron chi connectivity index (χ0n) is 12.3. The summed E-state index contributed by atoms with van der Waals surface area (Å²) in [6.07, 6.45) is -2.61. The lowest BCUT2D eigenvalue weighted by Crippen LogP contribution is -2.34. The number of aliphatic hydroxyl groups is 1. The number of nitrogens with one attached hydrogen (secondary N) is 1. The summed E-state index contributed by atoms with van der Waals surface area (Å²) in [5.41, 5.74) is 4.79. The van der Waals surface area contributed by atoms with Gasteiger partial charge in [-0.1, -0.05) is 0 Å². The lowest BCUT2D eigenvalue weighted by Gasteiger charge is -2.19. The number of nitrogens with two attached hydrogens (primary N) is 1. The van der Waals surface area contributed by atoms with Gasteiger partial charge in [0.05, 0.1) is 24.3 Å². The highest BCUT2D eigenvalue weighted by Gasteiger charge is 2.47. The van der Waals surface area contributed by atoms with Crippen LogP contribution in [0.2, 0.25) is 0 Å². The smallest absolute Gasteiger partial charge is 0.280 e. The van der Waals surface area contributed by atoms with E-state index in [1.165, 1.54) is 4.57 Å². The molecule has 7 N–H and O–H groups in total. The Bertz CT molecular complexity index is 891. The van der Waals surface area contributed by atoms with E-state index < -0.39 is 42.6 Å². The maximum atomic E-state index is 13.2. The molecule has 0 saturated carbocycles. The first-order valence-electron chi connectivity index (χ1n) is 6.81. The van der Waals surface area contributed by atoms with Gasteiger partial charge >= 0.3 is 0 Å². The summed E-state index contributed by atoms with van der Waals surface area (Å²) in [6, 6.07) is 0. The fraction of sp³-hybridized carbons (Fsp3) is 0.500. The average molecular weight is 399 g/mol. The number of hydrogen-bond donors (Lipinski definition) is 7. The molecule has 0 aliphatic carbocycles. The van der Waals surface area contributed by atoms with Crippen molar-refractivity contribution in [1.29, 1.82) is 0 Å². The van der Waals surface area contributed by atoms with E-state index >= 15 is 0 Å². The molecular weight excluding hydrogens is 384 g/mol. The predicted octanol–water partition coefficient (Wildman–Crippen LogP) is -2.30. The number of anilines is 1. The van der Waals surface area contributed by atoms with Crippen LogP contribution < -0.4 is 11.3 Å². The van der Waals surface area contributed by atoms with Crippen molar-refractivity contribution < 1.29 is 34.0 Å². The molecule has 15 heteroatoms. The highest BCUT2D eigenvalue weighted by molar-refractivity contribution is 8.16. The number of nitrogen functional groups attached to an aromatic ring is 1. The molecular formula is C10H15FN5O7PS. The van der Waals surface area contributed by atoms with Crippen molar-refractivity contribution in [3.63, 3.8) is 0 Å². The van der Waals surface area contributed by atoms with Crippen molar-refractivity contribution in [3.8, 4) is 0 Å². The summed E-state index contributed by atoms with van der Waals surface area (Å²) in [7, 11) is -0.357. The normalized spacial score (nSPS) is 27.2. The van der Waals surface area contributed by atoms with Gasteiger partial charge in [-0.25, -0.2) is 4.98 Å². The summed E-state index contributed by atoms with van der Waals surface area (Å²) in [5, 5.41) is 8.30. The number of aromatic nitrogens is 4. The molecule has 2 aromatic rings. The first-order chi connectivity index (χ1) is 11.7. The molecule has 2 aromatic heterocycles. The number of hydrogen-bond acceptors (Lipinski definition) is 7. The van der Waals surface area contributed by atoms with Gasteiger partial charge in [0, 0.05) is 0 Å². The molecule has 1 fully saturated rings. The van der Waals surface area contributed by atoms with Crippen LogP contribution in [-0.4, -0.2) is 63.4 Å². The topological polar surface area (TPSA) is 189 Å². The number of thiol groups is 1. The minimum absolute atomic E-state index is 0.0136. The van der Waals surface area contributed by atoms with Crippen molar-refractivity contribution >= 4 is 34.8 Å². The van der Waals surface area contributed by atoms with Crippen LogP contribution in [0.4, 0.5) is 10.5 Å². The number of H-pyrrole nitrogens is 1. The van der Waals surface area contributed by atoms with E-state index in [0.717, 1.165) is 6.33 Å². The second kappa shape index (κ2) is 6.74. The first kappa shape index (κ1) is 18.4. The Morgan fingerprint density at radius 1 is 1.52 bits per heavy atom. The minimum Gasteiger partial charge on any atom is -0.394 e. The molecule has 0 unspecified atom stereocenters. The van der Waals surface area contributed by atoms with Crippen molar-refractivity contribution in [3.05, 3.63) is 16.7 Å². The predicted molar refractivity (Wildman–Crippen MR) is 85.7 cm³/mol. The van der Waals surface area contributed by atoms with Gasteiger partial charge in [-0.2, -0.15) is 9.93 Å². The third-order valence-electron chi connectivity index (χ3n) is 3.61. The van der Waals surface area contributed by atoms with Gasteiger partial charge in [-0.05, 0) is 4.53 Å². The molecule has 1 saturated heterocycles. The van der Waals surface area contributed by atoms with Gasteiger partial charge in [0.1, 0.15) is 0 Å². The van der Waals surface area contributed by atoms with E-state index in [1.54, 1.807) is 0 Å². The monoisotopic (exact) mass is 399 g/mol. The van der Waals surface area contributed by atoms with E-state index in [-0.39, 0.29) is 28.1 Å². The molecule has 0 spiro atoms. The Hall–Kier alpha value is -1.38. The third-order valence-corrected chi connectivity index (χ3v) is 6.54. The van der Waals surface area contributed by atoms with Crippen LogP contribution >= 0.6 is 6.72 Å². The van der Waals surface area contributed by atoms with E-state index in [2.05, 4.69) is 19.9 Å². The lowest BCUT2D eigenvalue weighted by molar-refractivity contribution is -0.204. The number of halogens is 1. The number of aliphatic hydroxyl groups excluding tert-OH is 1. The van der Waals surface area contributed by atoms with E-state index in [0.29, 0.717) is 0 Å². The molecule has 3 rings (SSSR count). The Morgan fingerprint density at radius 2 is 2.24 bits per heavy atom. The summed E-state index contributed by atoms with van der Waals surface area (Å²) in [6.45, 7) is -4.91. The highest BCUT2D eigenvalue weighted by atomic mass is 32.5. The molecule has 0 radical (unpaired) electrons. The summed E-state index contributed by atoms with van der Waals surface area (Å²) in [4.78, 5) is 53.5. The molecule has 0 amide bonds. The molecule has 3 heterocycles. The molecule has 12 nitrogen and oxygen atoms in total. The van der Waals surface area contributed by atoms with E-state index in [4.69, 9.17) is 10.5 Å². The van der Waals surface area contributed by atoms with E-state index in [9.17, 15) is 29.1 Å². The van der Waals surface area contributed by atoms with Crippen LogP contribution in [0.5, 0.6) is 0 Å². The van der Waals surface area contributed by atoms with Crippen LogP contribution in [0.25, 0.3) is 11.2 Å². The second-order valence-electron chi connectivity index (χ2n) is 5.22.